The summed E-state index contributed by atoms with van der Waals surface area (Å²) in [5.41, 5.74) is 0.668. The molecule has 2 fully saturated rings. The summed E-state index contributed by atoms with van der Waals surface area (Å²) in [6.45, 7) is 2.28. The first-order chi connectivity index (χ1) is 10.3. The zero-order valence-corrected chi connectivity index (χ0v) is 13.3. The van der Waals surface area contributed by atoms with Crippen molar-refractivity contribution in [3.05, 3.63) is 29.8 Å². The molecule has 1 aliphatic heterocycles. The molecule has 116 valence electrons. The fourth-order valence-corrected chi connectivity index (χ4v) is 3.89. The monoisotopic (exact) mass is 307 g/mol. The highest BCUT2D eigenvalue weighted by Crippen LogP contribution is 2.30. The van der Waals surface area contributed by atoms with Crippen LogP contribution in [-0.4, -0.2) is 35.4 Å². The van der Waals surface area contributed by atoms with Crippen molar-refractivity contribution in [2.75, 3.05) is 24.7 Å². The largest absolute Gasteiger partial charge is 0.493 e. The molecule has 1 aliphatic carbocycles. The zero-order chi connectivity index (χ0) is 14.5. The van der Waals surface area contributed by atoms with Crippen LogP contribution < -0.4 is 10.1 Å². The maximum absolute atomic E-state index is 10.5. The van der Waals surface area contributed by atoms with E-state index in [-0.39, 0.29) is 0 Å². The van der Waals surface area contributed by atoms with Crippen LogP contribution in [0.2, 0.25) is 0 Å². The van der Waals surface area contributed by atoms with Gasteiger partial charge in [0.2, 0.25) is 0 Å². The van der Waals surface area contributed by atoms with E-state index in [1.54, 1.807) is 0 Å². The van der Waals surface area contributed by atoms with Crippen LogP contribution in [0.1, 0.15) is 31.2 Å². The average Bonchev–Trinajstić information content (AvgIpc) is 3.31. The van der Waals surface area contributed by atoms with E-state index in [2.05, 4.69) is 11.4 Å². The summed E-state index contributed by atoms with van der Waals surface area (Å²) >= 11 is 1.94. The molecule has 21 heavy (non-hydrogen) atoms. The van der Waals surface area contributed by atoms with Crippen LogP contribution >= 0.6 is 11.8 Å². The predicted octanol–water partition coefficient (Wildman–Crippen LogP) is 2.82. The van der Waals surface area contributed by atoms with Crippen LogP contribution in [0.5, 0.6) is 5.75 Å². The summed E-state index contributed by atoms with van der Waals surface area (Å²) in [5.74, 6) is 3.90. The van der Waals surface area contributed by atoms with E-state index in [4.69, 9.17) is 4.74 Å². The van der Waals surface area contributed by atoms with Gasteiger partial charge in [0.25, 0.3) is 0 Å². The van der Waals surface area contributed by atoms with Crippen LogP contribution in [0.25, 0.3) is 0 Å². The summed E-state index contributed by atoms with van der Waals surface area (Å²) in [7, 11) is 0. The number of ether oxygens (including phenoxy) is 1. The molecule has 1 heterocycles. The summed E-state index contributed by atoms with van der Waals surface area (Å²) in [5, 5.41) is 13.9. The number of para-hydroxylation sites is 1. The van der Waals surface area contributed by atoms with E-state index in [0.29, 0.717) is 6.54 Å². The number of hydrogen-bond donors (Lipinski definition) is 2. The molecule has 1 saturated heterocycles. The number of benzene rings is 1. The molecule has 2 aliphatic rings. The van der Waals surface area contributed by atoms with Gasteiger partial charge in [-0.25, -0.2) is 0 Å². The lowest BCUT2D eigenvalue weighted by molar-refractivity contribution is 0.0319. The standard InChI is InChI=1S/C17H25NO2S/c19-17(7-9-21-10-8-17)13-18-11-15-3-1-2-4-16(15)20-12-14-5-6-14/h1-4,14,18-19H,5-13H2. The summed E-state index contributed by atoms with van der Waals surface area (Å²) < 4.78 is 5.92. The number of rotatable bonds is 7. The molecule has 0 bridgehead atoms. The quantitative estimate of drug-likeness (QED) is 0.813. The Bertz CT molecular complexity index is 456. The van der Waals surface area contributed by atoms with E-state index < -0.39 is 5.60 Å². The first-order valence-electron chi connectivity index (χ1n) is 7.97. The molecule has 0 unspecified atom stereocenters. The lowest BCUT2D eigenvalue weighted by atomic mass is 9.97. The van der Waals surface area contributed by atoms with Crippen molar-refractivity contribution < 1.29 is 9.84 Å². The Balaban J connectivity index is 1.49. The van der Waals surface area contributed by atoms with Crippen molar-refractivity contribution in [1.29, 1.82) is 0 Å². The summed E-state index contributed by atoms with van der Waals surface area (Å²) in [4.78, 5) is 0. The zero-order valence-electron chi connectivity index (χ0n) is 12.5. The van der Waals surface area contributed by atoms with Gasteiger partial charge in [0, 0.05) is 18.7 Å². The molecule has 1 aromatic rings. The Morgan fingerprint density at radius 1 is 1.24 bits per heavy atom. The van der Waals surface area contributed by atoms with Crippen molar-refractivity contribution in [3.8, 4) is 5.75 Å². The van der Waals surface area contributed by atoms with Gasteiger partial charge in [-0.2, -0.15) is 11.8 Å². The lowest BCUT2D eigenvalue weighted by Crippen LogP contribution is -2.43. The molecule has 0 radical (unpaired) electrons. The van der Waals surface area contributed by atoms with Gasteiger partial charge in [-0.1, -0.05) is 18.2 Å². The van der Waals surface area contributed by atoms with E-state index in [9.17, 15) is 5.11 Å². The molecule has 1 saturated carbocycles. The highest BCUT2D eigenvalue weighted by atomic mass is 32.2. The van der Waals surface area contributed by atoms with Gasteiger partial charge in [0.05, 0.1) is 12.2 Å². The van der Waals surface area contributed by atoms with Crippen molar-refractivity contribution in [2.24, 2.45) is 5.92 Å². The molecular weight excluding hydrogens is 282 g/mol. The molecule has 0 atom stereocenters. The van der Waals surface area contributed by atoms with Crippen molar-refractivity contribution in [2.45, 2.75) is 37.8 Å². The number of hydrogen-bond acceptors (Lipinski definition) is 4. The third-order valence-corrected chi connectivity index (χ3v) is 5.32. The molecule has 1 aromatic carbocycles. The Morgan fingerprint density at radius 3 is 2.76 bits per heavy atom. The van der Waals surface area contributed by atoms with E-state index in [0.717, 1.165) is 49.2 Å². The van der Waals surface area contributed by atoms with Gasteiger partial charge < -0.3 is 15.2 Å². The predicted molar refractivity (Wildman–Crippen MR) is 87.9 cm³/mol. The molecule has 3 nitrogen and oxygen atoms in total. The van der Waals surface area contributed by atoms with Crippen LogP contribution in [-0.2, 0) is 6.54 Å². The van der Waals surface area contributed by atoms with Gasteiger partial charge in [0.15, 0.2) is 0 Å². The first-order valence-corrected chi connectivity index (χ1v) is 9.12. The Morgan fingerprint density at radius 2 is 2.00 bits per heavy atom. The minimum Gasteiger partial charge on any atom is -0.493 e. The van der Waals surface area contributed by atoms with Crippen LogP contribution in [0.3, 0.4) is 0 Å². The minimum absolute atomic E-state index is 0.519. The maximum Gasteiger partial charge on any atom is 0.123 e. The average molecular weight is 307 g/mol. The Labute approximate surface area is 131 Å². The first kappa shape index (κ1) is 15.2. The second-order valence-corrected chi connectivity index (χ2v) is 7.53. The fraction of sp³-hybridized carbons (Fsp3) is 0.647. The Kier molecular flexibility index (Phi) is 5.09. The van der Waals surface area contributed by atoms with Crippen LogP contribution in [0.15, 0.2) is 24.3 Å². The fourth-order valence-electron chi connectivity index (χ4n) is 2.64. The third kappa shape index (κ3) is 4.63. The van der Waals surface area contributed by atoms with E-state index in [1.165, 1.54) is 18.4 Å². The summed E-state index contributed by atoms with van der Waals surface area (Å²) in [6, 6.07) is 8.23. The number of nitrogens with one attached hydrogen (secondary N) is 1. The van der Waals surface area contributed by atoms with E-state index >= 15 is 0 Å². The SMILES string of the molecule is OC1(CNCc2ccccc2OCC2CC2)CCSCC1. The van der Waals surface area contributed by atoms with Gasteiger partial charge in [0.1, 0.15) is 5.75 Å². The Hall–Kier alpha value is -0.710. The molecule has 0 spiro atoms. The van der Waals surface area contributed by atoms with Gasteiger partial charge >= 0.3 is 0 Å². The molecule has 0 aromatic heterocycles. The van der Waals surface area contributed by atoms with Crippen molar-refractivity contribution in [3.63, 3.8) is 0 Å². The van der Waals surface area contributed by atoms with Crippen LogP contribution in [0.4, 0.5) is 0 Å². The topological polar surface area (TPSA) is 41.5 Å². The van der Waals surface area contributed by atoms with Gasteiger partial charge in [-0.3, -0.25) is 0 Å². The van der Waals surface area contributed by atoms with Gasteiger partial charge in [-0.15, -0.1) is 0 Å². The molecule has 0 amide bonds. The normalized spacial score (nSPS) is 21.2. The molecular formula is C17H25NO2S. The lowest BCUT2D eigenvalue weighted by Gasteiger charge is -2.32. The second-order valence-electron chi connectivity index (χ2n) is 6.30. The second kappa shape index (κ2) is 7.03. The van der Waals surface area contributed by atoms with Gasteiger partial charge in [-0.05, 0) is 49.2 Å². The maximum atomic E-state index is 10.5. The summed E-state index contributed by atoms with van der Waals surface area (Å²) in [6.07, 6.45) is 4.41. The highest BCUT2D eigenvalue weighted by molar-refractivity contribution is 7.99. The number of thioether (sulfide) groups is 1. The molecule has 4 heteroatoms. The van der Waals surface area contributed by atoms with Crippen LogP contribution in [0, 0.1) is 5.92 Å². The van der Waals surface area contributed by atoms with E-state index in [1.807, 2.05) is 30.0 Å². The number of aliphatic hydroxyl groups is 1. The van der Waals surface area contributed by atoms with Crippen molar-refractivity contribution in [1.82, 2.24) is 5.32 Å². The van der Waals surface area contributed by atoms with Crippen molar-refractivity contribution >= 4 is 11.8 Å². The minimum atomic E-state index is -0.519. The molecule has 2 N–H and O–H groups in total. The molecule has 3 rings (SSSR count). The highest BCUT2D eigenvalue weighted by Gasteiger charge is 2.29. The third-order valence-electron chi connectivity index (χ3n) is 4.34. The smallest absolute Gasteiger partial charge is 0.123 e.